The molecule has 1 aromatic heterocycles. The van der Waals surface area contributed by atoms with Crippen LogP contribution in [-0.2, 0) is 12.0 Å². The molecule has 0 fully saturated rings. The van der Waals surface area contributed by atoms with Crippen LogP contribution in [0.4, 0.5) is 0 Å². The molecule has 110 valence electrons. The average Bonchev–Trinajstić information content (AvgIpc) is 2.90. The first-order valence-electron chi connectivity index (χ1n) is 6.99. The summed E-state index contributed by atoms with van der Waals surface area (Å²) in [5.41, 5.74) is 7.69. The fourth-order valence-corrected chi connectivity index (χ4v) is 2.76. The third-order valence-electron chi connectivity index (χ3n) is 3.05. The normalized spacial score (nSPS) is 10.9. The summed E-state index contributed by atoms with van der Waals surface area (Å²) in [5.74, 6) is 6.85. The Morgan fingerprint density at radius 2 is 2.00 bits per heavy atom. The number of nitrogens with two attached hydrogens (primary N) is 1. The fourth-order valence-electron chi connectivity index (χ4n) is 2.04. The van der Waals surface area contributed by atoms with Gasteiger partial charge < -0.3 is 10.5 Å². The van der Waals surface area contributed by atoms with E-state index in [1.165, 1.54) is 10.4 Å². The molecule has 2 nitrogen and oxygen atoms in total. The zero-order chi connectivity index (χ0) is 15.3. The van der Waals surface area contributed by atoms with Crippen LogP contribution in [0, 0.1) is 11.8 Å². The standard InChI is InChI=1S/C18H21NOS/c1-18(2,3)16-8-4-5-9-17(16)20-12-15-11-14(13-21-15)7-6-10-19/h4-5,8-9,11,13H,10,12,19H2,1-3H3. The summed E-state index contributed by atoms with van der Waals surface area (Å²) >= 11 is 1.66. The lowest BCUT2D eigenvalue weighted by Gasteiger charge is -2.22. The van der Waals surface area contributed by atoms with Gasteiger partial charge in [0.05, 0.1) is 6.54 Å². The molecule has 0 atom stereocenters. The van der Waals surface area contributed by atoms with Crippen molar-refractivity contribution in [1.29, 1.82) is 0 Å². The molecule has 1 aromatic carbocycles. The van der Waals surface area contributed by atoms with E-state index in [4.69, 9.17) is 10.5 Å². The Balaban J connectivity index is 2.08. The summed E-state index contributed by atoms with van der Waals surface area (Å²) in [6.07, 6.45) is 0. The molecule has 0 unspecified atom stereocenters. The predicted molar refractivity (Wildman–Crippen MR) is 89.7 cm³/mol. The van der Waals surface area contributed by atoms with Crippen LogP contribution in [0.3, 0.4) is 0 Å². The molecule has 21 heavy (non-hydrogen) atoms. The third kappa shape index (κ3) is 4.35. The van der Waals surface area contributed by atoms with Crippen molar-refractivity contribution in [1.82, 2.24) is 0 Å². The van der Waals surface area contributed by atoms with Crippen molar-refractivity contribution < 1.29 is 4.74 Å². The van der Waals surface area contributed by atoms with Gasteiger partial charge in [0.25, 0.3) is 0 Å². The first-order chi connectivity index (χ1) is 10.0. The molecule has 3 heteroatoms. The Kier molecular flexibility index (Phi) is 5.06. The van der Waals surface area contributed by atoms with Crippen molar-refractivity contribution >= 4 is 11.3 Å². The van der Waals surface area contributed by atoms with Crippen molar-refractivity contribution in [2.75, 3.05) is 6.54 Å². The number of ether oxygens (including phenoxy) is 1. The number of benzene rings is 1. The van der Waals surface area contributed by atoms with E-state index in [9.17, 15) is 0 Å². The molecule has 2 N–H and O–H groups in total. The number of thiophene rings is 1. The number of rotatable bonds is 3. The van der Waals surface area contributed by atoms with Crippen LogP contribution in [0.25, 0.3) is 0 Å². The van der Waals surface area contributed by atoms with E-state index in [1.807, 2.05) is 17.5 Å². The molecule has 2 rings (SSSR count). The molecule has 0 aliphatic heterocycles. The summed E-state index contributed by atoms with van der Waals surface area (Å²) in [6, 6.07) is 10.3. The molecule has 0 aliphatic rings. The van der Waals surface area contributed by atoms with Crippen LogP contribution in [0.1, 0.15) is 36.8 Å². The highest BCUT2D eigenvalue weighted by atomic mass is 32.1. The van der Waals surface area contributed by atoms with Gasteiger partial charge in [-0.1, -0.05) is 50.8 Å². The topological polar surface area (TPSA) is 35.2 Å². The SMILES string of the molecule is CC(C)(C)c1ccccc1OCc1cc(C#CCN)cs1. The molecule has 0 bridgehead atoms. The van der Waals surface area contributed by atoms with Crippen LogP contribution in [0.5, 0.6) is 5.75 Å². The Labute approximate surface area is 131 Å². The second kappa shape index (κ2) is 6.80. The maximum atomic E-state index is 6.01. The van der Waals surface area contributed by atoms with Gasteiger partial charge in [-0.3, -0.25) is 0 Å². The molecule has 0 saturated carbocycles. The Morgan fingerprint density at radius 1 is 1.24 bits per heavy atom. The maximum Gasteiger partial charge on any atom is 0.123 e. The highest BCUT2D eigenvalue weighted by Crippen LogP contribution is 2.31. The van der Waals surface area contributed by atoms with Crippen LogP contribution in [0.2, 0.25) is 0 Å². The Morgan fingerprint density at radius 3 is 2.71 bits per heavy atom. The highest BCUT2D eigenvalue weighted by Gasteiger charge is 2.18. The van der Waals surface area contributed by atoms with E-state index in [0.717, 1.165) is 11.3 Å². The van der Waals surface area contributed by atoms with Crippen LogP contribution in [-0.4, -0.2) is 6.54 Å². The van der Waals surface area contributed by atoms with Crippen LogP contribution in [0.15, 0.2) is 35.7 Å². The molecule has 2 aromatic rings. The van der Waals surface area contributed by atoms with Gasteiger partial charge in [-0.15, -0.1) is 11.3 Å². The first-order valence-corrected chi connectivity index (χ1v) is 7.87. The zero-order valence-electron chi connectivity index (χ0n) is 12.8. The largest absolute Gasteiger partial charge is 0.488 e. The highest BCUT2D eigenvalue weighted by molar-refractivity contribution is 7.10. The quantitative estimate of drug-likeness (QED) is 0.871. The number of hydrogen-bond donors (Lipinski definition) is 1. The van der Waals surface area contributed by atoms with E-state index in [2.05, 4.69) is 50.8 Å². The lowest BCUT2D eigenvalue weighted by molar-refractivity contribution is 0.301. The van der Waals surface area contributed by atoms with E-state index < -0.39 is 0 Å². The van der Waals surface area contributed by atoms with Crippen LogP contribution < -0.4 is 10.5 Å². The molecule has 0 spiro atoms. The lowest BCUT2D eigenvalue weighted by Crippen LogP contribution is -2.13. The molecule has 0 aliphatic carbocycles. The summed E-state index contributed by atoms with van der Waals surface area (Å²) in [4.78, 5) is 1.17. The van der Waals surface area contributed by atoms with E-state index in [0.29, 0.717) is 13.2 Å². The summed E-state index contributed by atoms with van der Waals surface area (Å²) in [6.45, 7) is 7.55. The monoisotopic (exact) mass is 299 g/mol. The minimum atomic E-state index is 0.0732. The summed E-state index contributed by atoms with van der Waals surface area (Å²) in [5, 5.41) is 2.04. The number of para-hydroxylation sites is 1. The smallest absolute Gasteiger partial charge is 0.123 e. The second-order valence-electron chi connectivity index (χ2n) is 5.84. The zero-order valence-corrected chi connectivity index (χ0v) is 13.6. The van der Waals surface area contributed by atoms with Gasteiger partial charge in [-0.05, 0) is 23.1 Å². The maximum absolute atomic E-state index is 6.01. The molecule has 0 saturated heterocycles. The van der Waals surface area contributed by atoms with Crippen molar-refractivity contribution in [3.05, 3.63) is 51.7 Å². The van der Waals surface area contributed by atoms with Gasteiger partial charge in [0.15, 0.2) is 0 Å². The van der Waals surface area contributed by atoms with E-state index in [1.54, 1.807) is 11.3 Å². The van der Waals surface area contributed by atoms with E-state index in [-0.39, 0.29) is 5.41 Å². The Bertz CT molecular complexity index is 656. The number of hydrogen-bond acceptors (Lipinski definition) is 3. The van der Waals surface area contributed by atoms with Gasteiger partial charge in [0, 0.05) is 15.8 Å². The van der Waals surface area contributed by atoms with Crippen LogP contribution >= 0.6 is 11.3 Å². The molecule has 0 radical (unpaired) electrons. The van der Waals surface area contributed by atoms with Crippen molar-refractivity contribution in [3.63, 3.8) is 0 Å². The van der Waals surface area contributed by atoms with Crippen molar-refractivity contribution in [2.45, 2.75) is 32.8 Å². The van der Waals surface area contributed by atoms with Gasteiger partial charge in [-0.25, -0.2) is 0 Å². The van der Waals surface area contributed by atoms with Gasteiger partial charge in [-0.2, -0.15) is 0 Å². The summed E-state index contributed by atoms with van der Waals surface area (Å²) < 4.78 is 6.01. The van der Waals surface area contributed by atoms with Crippen molar-refractivity contribution in [2.24, 2.45) is 5.73 Å². The van der Waals surface area contributed by atoms with Gasteiger partial charge in [0.2, 0.25) is 0 Å². The Hall–Kier alpha value is -1.76. The molecule has 1 heterocycles. The van der Waals surface area contributed by atoms with Crippen molar-refractivity contribution in [3.8, 4) is 17.6 Å². The molecule has 0 amide bonds. The third-order valence-corrected chi connectivity index (χ3v) is 3.96. The minimum absolute atomic E-state index is 0.0732. The van der Waals surface area contributed by atoms with Gasteiger partial charge in [0.1, 0.15) is 12.4 Å². The lowest BCUT2D eigenvalue weighted by atomic mass is 9.86. The molecular weight excluding hydrogens is 278 g/mol. The first kappa shape index (κ1) is 15.6. The molecular formula is C18H21NOS. The summed E-state index contributed by atoms with van der Waals surface area (Å²) in [7, 11) is 0. The average molecular weight is 299 g/mol. The van der Waals surface area contributed by atoms with Gasteiger partial charge >= 0.3 is 0 Å². The minimum Gasteiger partial charge on any atom is -0.488 e. The second-order valence-corrected chi connectivity index (χ2v) is 6.84. The predicted octanol–water partition coefficient (Wildman–Crippen LogP) is 3.93. The van der Waals surface area contributed by atoms with E-state index >= 15 is 0 Å². The fraction of sp³-hybridized carbons (Fsp3) is 0.333.